The topological polar surface area (TPSA) is 54.3 Å². The molecule has 1 aromatic rings. The summed E-state index contributed by atoms with van der Waals surface area (Å²) in [6.07, 6.45) is 4.91. The smallest absolute Gasteiger partial charge is 0.268 e. The van der Waals surface area contributed by atoms with E-state index in [9.17, 15) is 9.90 Å². The third-order valence-corrected chi connectivity index (χ3v) is 3.96. The molecule has 0 aromatic carbocycles. The van der Waals surface area contributed by atoms with Crippen LogP contribution in [0.15, 0.2) is 18.3 Å². The lowest BCUT2D eigenvalue weighted by Gasteiger charge is -2.32. The van der Waals surface area contributed by atoms with E-state index in [-0.39, 0.29) is 5.91 Å². The second kappa shape index (κ2) is 4.76. The second-order valence-corrected chi connectivity index (χ2v) is 5.74. The summed E-state index contributed by atoms with van der Waals surface area (Å²) in [7, 11) is 0. The second-order valence-electron chi connectivity index (χ2n) is 5.74. The number of hydrogen-bond acceptors (Lipinski definition) is 2. The summed E-state index contributed by atoms with van der Waals surface area (Å²) in [6.45, 7) is 5.34. The Hall–Kier alpha value is -1.29. The monoisotopic (exact) mass is 250 g/mol. The van der Waals surface area contributed by atoms with E-state index >= 15 is 0 Å². The Kier molecular flexibility index (Phi) is 3.48. The Balaban J connectivity index is 2.12. The summed E-state index contributed by atoms with van der Waals surface area (Å²) in [5.41, 5.74) is 0.0691. The predicted molar refractivity (Wildman–Crippen MR) is 70.5 cm³/mol. The molecule has 1 fully saturated rings. The van der Waals surface area contributed by atoms with Crippen molar-refractivity contribution in [1.29, 1.82) is 0 Å². The van der Waals surface area contributed by atoms with E-state index in [1.54, 1.807) is 6.92 Å². The maximum Gasteiger partial charge on any atom is 0.268 e. The fourth-order valence-electron chi connectivity index (χ4n) is 2.03. The van der Waals surface area contributed by atoms with Gasteiger partial charge in [-0.2, -0.15) is 0 Å². The number of aromatic nitrogens is 1. The number of nitrogens with one attached hydrogen (secondary N) is 1. The largest absolute Gasteiger partial charge is 0.391 e. The highest BCUT2D eigenvalue weighted by Crippen LogP contribution is 2.32. The average Bonchev–Trinajstić information content (AvgIpc) is 2.62. The van der Waals surface area contributed by atoms with Gasteiger partial charge in [-0.15, -0.1) is 0 Å². The van der Waals surface area contributed by atoms with Gasteiger partial charge in [-0.25, -0.2) is 0 Å². The van der Waals surface area contributed by atoms with Crippen LogP contribution in [0, 0.1) is 0 Å². The van der Waals surface area contributed by atoms with Gasteiger partial charge >= 0.3 is 0 Å². The first-order valence-electron chi connectivity index (χ1n) is 6.59. The standard InChI is InChI=1S/C14H22N2O2/c1-10(17)14(2,3)15-13(18)12-8-5-9-16(12)11-6-4-7-11/h5,8-11,17H,4,6-7H2,1-3H3,(H,15,18). The van der Waals surface area contributed by atoms with Gasteiger partial charge < -0.3 is 15.0 Å². The van der Waals surface area contributed by atoms with E-state index in [2.05, 4.69) is 9.88 Å². The Bertz CT molecular complexity index is 431. The minimum Gasteiger partial charge on any atom is -0.391 e. The molecule has 1 heterocycles. The molecular formula is C14H22N2O2. The lowest BCUT2D eigenvalue weighted by Crippen LogP contribution is -2.51. The first-order chi connectivity index (χ1) is 8.42. The van der Waals surface area contributed by atoms with Gasteiger partial charge in [0.2, 0.25) is 0 Å². The molecule has 0 saturated heterocycles. The van der Waals surface area contributed by atoms with Gasteiger partial charge in [0.1, 0.15) is 5.69 Å². The van der Waals surface area contributed by atoms with Gasteiger partial charge in [0.25, 0.3) is 5.91 Å². The zero-order valence-corrected chi connectivity index (χ0v) is 11.3. The Labute approximate surface area is 108 Å². The first-order valence-corrected chi connectivity index (χ1v) is 6.59. The predicted octanol–water partition coefficient (Wildman–Crippen LogP) is 2.10. The number of hydrogen-bond donors (Lipinski definition) is 2. The summed E-state index contributed by atoms with van der Waals surface area (Å²) < 4.78 is 2.05. The Morgan fingerprint density at radius 2 is 2.22 bits per heavy atom. The van der Waals surface area contributed by atoms with Gasteiger partial charge in [0.15, 0.2) is 0 Å². The van der Waals surface area contributed by atoms with Crippen LogP contribution in [0.5, 0.6) is 0 Å². The highest BCUT2D eigenvalue weighted by Gasteiger charge is 2.29. The molecule has 1 atom stereocenters. The van der Waals surface area contributed by atoms with Gasteiger partial charge in [0, 0.05) is 12.2 Å². The van der Waals surface area contributed by atoms with Crippen molar-refractivity contribution in [3.8, 4) is 0 Å². The third kappa shape index (κ3) is 2.43. The van der Waals surface area contributed by atoms with Crippen LogP contribution in [0.3, 0.4) is 0 Å². The number of nitrogens with zero attached hydrogens (tertiary/aromatic N) is 1. The van der Waals surface area contributed by atoms with E-state index in [1.807, 2.05) is 32.2 Å². The van der Waals surface area contributed by atoms with E-state index < -0.39 is 11.6 Å². The van der Waals surface area contributed by atoms with Crippen LogP contribution in [-0.2, 0) is 0 Å². The fraction of sp³-hybridized carbons (Fsp3) is 0.643. The van der Waals surface area contributed by atoms with Crippen LogP contribution in [-0.4, -0.2) is 27.2 Å². The molecule has 1 aliphatic carbocycles. The van der Waals surface area contributed by atoms with Gasteiger partial charge in [-0.05, 0) is 52.2 Å². The van der Waals surface area contributed by atoms with E-state index in [0.29, 0.717) is 11.7 Å². The molecule has 18 heavy (non-hydrogen) atoms. The van der Waals surface area contributed by atoms with E-state index in [0.717, 1.165) is 12.8 Å². The van der Waals surface area contributed by atoms with Crippen molar-refractivity contribution in [2.75, 3.05) is 0 Å². The number of aliphatic hydroxyl groups excluding tert-OH is 1. The molecule has 100 valence electrons. The van der Waals surface area contributed by atoms with E-state index in [4.69, 9.17) is 0 Å². The van der Waals surface area contributed by atoms with Gasteiger partial charge in [0.05, 0.1) is 11.6 Å². The Morgan fingerprint density at radius 1 is 1.56 bits per heavy atom. The number of carbonyl (C=O) groups excluding carboxylic acids is 1. The van der Waals surface area contributed by atoms with Gasteiger partial charge in [-0.1, -0.05) is 0 Å². The fourth-order valence-corrected chi connectivity index (χ4v) is 2.03. The molecule has 2 rings (SSSR count). The molecular weight excluding hydrogens is 228 g/mol. The number of amides is 1. The van der Waals surface area contributed by atoms with Gasteiger partial charge in [-0.3, -0.25) is 4.79 Å². The third-order valence-electron chi connectivity index (χ3n) is 3.96. The molecule has 0 aliphatic heterocycles. The molecule has 1 aromatic heterocycles. The molecule has 1 amide bonds. The zero-order valence-electron chi connectivity index (χ0n) is 11.3. The molecule has 1 saturated carbocycles. The van der Waals surface area contributed by atoms with Crippen molar-refractivity contribution in [2.45, 2.75) is 57.7 Å². The lowest BCUT2D eigenvalue weighted by atomic mass is 9.92. The van der Waals surface area contributed by atoms with Crippen molar-refractivity contribution in [3.05, 3.63) is 24.0 Å². The highest BCUT2D eigenvalue weighted by atomic mass is 16.3. The highest BCUT2D eigenvalue weighted by molar-refractivity contribution is 5.93. The van der Waals surface area contributed by atoms with Crippen molar-refractivity contribution >= 4 is 5.91 Å². The lowest BCUT2D eigenvalue weighted by molar-refractivity contribution is 0.0698. The van der Waals surface area contributed by atoms with Crippen molar-refractivity contribution in [2.24, 2.45) is 0 Å². The molecule has 0 spiro atoms. The minimum atomic E-state index is -0.619. The van der Waals surface area contributed by atoms with Crippen LogP contribution in [0.4, 0.5) is 0 Å². The van der Waals surface area contributed by atoms with Crippen LogP contribution < -0.4 is 5.32 Å². The van der Waals surface area contributed by atoms with Crippen LogP contribution >= 0.6 is 0 Å². The summed E-state index contributed by atoms with van der Waals surface area (Å²) in [6, 6.07) is 4.21. The summed E-state index contributed by atoms with van der Waals surface area (Å²) in [4.78, 5) is 12.2. The Morgan fingerprint density at radius 3 is 2.72 bits per heavy atom. The quantitative estimate of drug-likeness (QED) is 0.860. The normalized spacial score (nSPS) is 18.2. The minimum absolute atomic E-state index is 0.113. The van der Waals surface area contributed by atoms with Crippen molar-refractivity contribution in [1.82, 2.24) is 9.88 Å². The van der Waals surface area contributed by atoms with Crippen molar-refractivity contribution in [3.63, 3.8) is 0 Å². The summed E-state index contributed by atoms with van der Waals surface area (Å²) in [5.74, 6) is -0.113. The molecule has 2 N–H and O–H groups in total. The summed E-state index contributed by atoms with van der Waals surface area (Å²) in [5, 5.41) is 12.5. The maximum absolute atomic E-state index is 12.2. The molecule has 0 bridgehead atoms. The molecule has 4 heteroatoms. The van der Waals surface area contributed by atoms with Crippen LogP contribution in [0.1, 0.15) is 56.6 Å². The zero-order chi connectivity index (χ0) is 13.3. The molecule has 1 unspecified atom stereocenters. The maximum atomic E-state index is 12.2. The number of carbonyl (C=O) groups is 1. The van der Waals surface area contributed by atoms with Crippen molar-refractivity contribution < 1.29 is 9.90 Å². The summed E-state index contributed by atoms with van der Waals surface area (Å²) >= 11 is 0. The first kappa shape index (κ1) is 13.1. The van der Waals surface area contributed by atoms with Crippen LogP contribution in [0.25, 0.3) is 0 Å². The number of rotatable bonds is 4. The molecule has 1 aliphatic rings. The number of aliphatic hydroxyl groups is 1. The molecule has 4 nitrogen and oxygen atoms in total. The molecule has 0 radical (unpaired) electrons. The average molecular weight is 250 g/mol. The van der Waals surface area contributed by atoms with Crippen LogP contribution in [0.2, 0.25) is 0 Å². The SMILES string of the molecule is CC(O)C(C)(C)NC(=O)c1cccn1C1CCC1. The van der Waals surface area contributed by atoms with E-state index in [1.165, 1.54) is 6.42 Å².